The predicted molar refractivity (Wildman–Crippen MR) is 67.3 cm³/mol. The third-order valence-electron chi connectivity index (χ3n) is 4.44. The first kappa shape index (κ1) is 10.6. The topological polar surface area (TPSA) is 6.48 Å². The van der Waals surface area contributed by atoms with Crippen LogP contribution in [0.2, 0.25) is 0 Å². The molecule has 0 radical (unpaired) electrons. The summed E-state index contributed by atoms with van der Waals surface area (Å²) in [5.74, 6) is 0. The van der Waals surface area contributed by atoms with E-state index in [1.54, 1.807) is 5.57 Å². The summed E-state index contributed by atoms with van der Waals surface area (Å²) in [4.78, 5) is 5.29. The van der Waals surface area contributed by atoms with Crippen molar-refractivity contribution >= 4 is 0 Å². The summed E-state index contributed by atoms with van der Waals surface area (Å²) in [6.07, 6.45) is 12.3. The van der Waals surface area contributed by atoms with E-state index in [0.717, 1.165) is 6.04 Å². The molecule has 0 spiro atoms. The minimum Gasteiger partial charge on any atom is -0.377 e. The summed E-state index contributed by atoms with van der Waals surface area (Å²) in [7, 11) is 0. The Morgan fingerprint density at radius 2 is 1.69 bits per heavy atom. The van der Waals surface area contributed by atoms with Crippen LogP contribution in [0, 0.1) is 0 Å². The predicted octanol–water partition coefficient (Wildman–Crippen LogP) is 2.61. The summed E-state index contributed by atoms with van der Waals surface area (Å²) in [6.45, 7) is 5.30. The lowest BCUT2D eigenvalue weighted by Crippen LogP contribution is -2.37. The van der Waals surface area contributed by atoms with E-state index in [2.05, 4.69) is 16.0 Å². The van der Waals surface area contributed by atoms with Gasteiger partial charge in [0, 0.05) is 19.1 Å². The van der Waals surface area contributed by atoms with Crippen LogP contribution in [0.3, 0.4) is 0 Å². The quantitative estimate of drug-likeness (QED) is 0.670. The van der Waals surface area contributed by atoms with E-state index in [1.807, 2.05) is 0 Å². The monoisotopic (exact) mass is 220 g/mol. The fourth-order valence-corrected chi connectivity index (χ4v) is 3.60. The maximum Gasteiger partial charge on any atom is 0.0325 e. The van der Waals surface area contributed by atoms with Gasteiger partial charge in [0.25, 0.3) is 0 Å². The Balaban J connectivity index is 1.69. The molecular weight excluding hydrogens is 196 g/mol. The first-order chi connectivity index (χ1) is 7.93. The number of hydrogen-bond acceptors (Lipinski definition) is 2. The van der Waals surface area contributed by atoms with Crippen LogP contribution in [0.1, 0.15) is 44.9 Å². The molecule has 3 saturated heterocycles. The van der Waals surface area contributed by atoms with Crippen molar-refractivity contribution in [1.29, 1.82) is 0 Å². The van der Waals surface area contributed by atoms with Crippen molar-refractivity contribution in [1.82, 2.24) is 9.80 Å². The van der Waals surface area contributed by atoms with Crippen LogP contribution in [0.5, 0.6) is 0 Å². The highest BCUT2D eigenvalue weighted by molar-refractivity contribution is 5.15. The second-order valence-corrected chi connectivity index (χ2v) is 5.60. The van der Waals surface area contributed by atoms with Crippen LogP contribution in [0.15, 0.2) is 11.8 Å². The van der Waals surface area contributed by atoms with Gasteiger partial charge in [0.05, 0.1) is 0 Å². The molecule has 1 atom stereocenters. The molecule has 0 N–H and O–H groups in total. The van der Waals surface area contributed by atoms with Crippen molar-refractivity contribution in [3.8, 4) is 0 Å². The Hall–Kier alpha value is -0.500. The maximum absolute atomic E-state index is 2.71. The van der Waals surface area contributed by atoms with E-state index < -0.39 is 0 Å². The van der Waals surface area contributed by atoms with Crippen molar-refractivity contribution in [2.75, 3.05) is 26.2 Å². The van der Waals surface area contributed by atoms with Crippen molar-refractivity contribution in [3.63, 3.8) is 0 Å². The molecule has 16 heavy (non-hydrogen) atoms. The van der Waals surface area contributed by atoms with Gasteiger partial charge in [-0.3, -0.25) is 4.90 Å². The van der Waals surface area contributed by atoms with Gasteiger partial charge >= 0.3 is 0 Å². The van der Waals surface area contributed by atoms with Crippen molar-refractivity contribution in [3.05, 3.63) is 11.8 Å². The van der Waals surface area contributed by atoms with Crippen LogP contribution in [0.4, 0.5) is 0 Å². The SMILES string of the molecule is C(=C1/CCCN2CCC[C@H]12)/N1CCCCC1. The van der Waals surface area contributed by atoms with Crippen molar-refractivity contribution in [2.24, 2.45) is 0 Å². The molecule has 0 aromatic heterocycles. The highest BCUT2D eigenvalue weighted by Crippen LogP contribution is 2.31. The molecule has 2 nitrogen and oxygen atoms in total. The fourth-order valence-electron chi connectivity index (χ4n) is 3.60. The molecule has 0 saturated carbocycles. The van der Waals surface area contributed by atoms with Gasteiger partial charge in [-0.25, -0.2) is 0 Å². The first-order valence-electron chi connectivity index (χ1n) is 7.12. The van der Waals surface area contributed by atoms with Crippen molar-refractivity contribution < 1.29 is 0 Å². The number of likely N-dealkylation sites (tertiary alicyclic amines) is 1. The van der Waals surface area contributed by atoms with E-state index >= 15 is 0 Å². The molecule has 0 amide bonds. The first-order valence-corrected chi connectivity index (χ1v) is 7.12. The van der Waals surface area contributed by atoms with Gasteiger partial charge in [-0.2, -0.15) is 0 Å². The molecule has 0 unspecified atom stereocenters. The average molecular weight is 220 g/mol. The van der Waals surface area contributed by atoms with Gasteiger partial charge in [0.2, 0.25) is 0 Å². The molecule has 3 aliphatic rings. The lowest BCUT2D eigenvalue weighted by atomic mass is 9.96. The van der Waals surface area contributed by atoms with Gasteiger partial charge in [-0.05, 0) is 69.8 Å². The number of fused-ring (bicyclic) bond motifs is 1. The standard InChI is InChI=1S/C14H24N2/c1-2-8-15(9-3-1)12-13-6-4-10-16-11-5-7-14(13)16/h12,14H,1-11H2/b13-12+/t14-/m1/s1. The number of nitrogens with zero attached hydrogens (tertiary/aromatic N) is 2. The van der Waals surface area contributed by atoms with Crippen LogP contribution >= 0.6 is 0 Å². The van der Waals surface area contributed by atoms with Gasteiger partial charge in [-0.1, -0.05) is 0 Å². The summed E-state index contributed by atoms with van der Waals surface area (Å²) in [6, 6.07) is 0.815. The summed E-state index contributed by atoms with van der Waals surface area (Å²) >= 11 is 0. The lowest BCUT2D eigenvalue weighted by Gasteiger charge is -2.34. The van der Waals surface area contributed by atoms with Gasteiger partial charge in [-0.15, -0.1) is 0 Å². The highest BCUT2D eigenvalue weighted by Gasteiger charge is 2.30. The number of hydrogen-bond donors (Lipinski definition) is 0. The van der Waals surface area contributed by atoms with Crippen LogP contribution in [-0.2, 0) is 0 Å². The minimum atomic E-state index is 0.815. The second kappa shape index (κ2) is 4.79. The molecule has 0 aromatic carbocycles. The molecule has 0 aromatic rings. The van der Waals surface area contributed by atoms with Gasteiger partial charge in [0.1, 0.15) is 0 Å². The molecule has 3 fully saturated rings. The lowest BCUT2D eigenvalue weighted by molar-refractivity contribution is 0.236. The minimum absolute atomic E-state index is 0.815. The largest absolute Gasteiger partial charge is 0.377 e. The fraction of sp³-hybridized carbons (Fsp3) is 0.857. The molecule has 0 aliphatic carbocycles. The Morgan fingerprint density at radius 3 is 2.56 bits per heavy atom. The molecule has 2 heteroatoms. The summed E-state index contributed by atoms with van der Waals surface area (Å²) in [5.41, 5.74) is 1.74. The van der Waals surface area contributed by atoms with Crippen LogP contribution in [0.25, 0.3) is 0 Å². The molecular formula is C14H24N2. The van der Waals surface area contributed by atoms with E-state index in [4.69, 9.17) is 0 Å². The van der Waals surface area contributed by atoms with E-state index in [9.17, 15) is 0 Å². The Bertz CT molecular complexity index is 266. The number of piperidine rings is 2. The molecule has 3 heterocycles. The van der Waals surface area contributed by atoms with E-state index in [0.29, 0.717) is 0 Å². The summed E-state index contributed by atoms with van der Waals surface area (Å²) < 4.78 is 0. The van der Waals surface area contributed by atoms with E-state index in [1.165, 1.54) is 71.1 Å². The van der Waals surface area contributed by atoms with Crippen molar-refractivity contribution in [2.45, 2.75) is 51.0 Å². The normalized spacial score (nSPS) is 34.4. The summed E-state index contributed by atoms with van der Waals surface area (Å²) in [5, 5.41) is 0. The van der Waals surface area contributed by atoms with E-state index in [-0.39, 0.29) is 0 Å². The third-order valence-corrected chi connectivity index (χ3v) is 4.44. The number of rotatable bonds is 1. The highest BCUT2D eigenvalue weighted by atomic mass is 15.2. The maximum atomic E-state index is 2.71. The zero-order chi connectivity index (χ0) is 10.8. The Morgan fingerprint density at radius 1 is 0.875 bits per heavy atom. The van der Waals surface area contributed by atoms with Gasteiger partial charge in [0.15, 0.2) is 0 Å². The smallest absolute Gasteiger partial charge is 0.0325 e. The molecule has 0 bridgehead atoms. The second-order valence-electron chi connectivity index (χ2n) is 5.60. The zero-order valence-corrected chi connectivity index (χ0v) is 10.3. The zero-order valence-electron chi connectivity index (χ0n) is 10.3. The molecule has 90 valence electrons. The average Bonchev–Trinajstić information content (AvgIpc) is 2.80. The van der Waals surface area contributed by atoms with Crippen LogP contribution in [-0.4, -0.2) is 42.0 Å². The van der Waals surface area contributed by atoms with Crippen LogP contribution < -0.4 is 0 Å². The molecule has 3 rings (SSSR count). The van der Waals surface area contributed by atoms with Gasteiger partial charge < -0.3 is 4.90 Å². The third kappa shape index (κ3) is 2.13. The Kier molecular flexibility index (Phi) is 3.18. The molecule has 3 aliphatic heterocycles. The Labute approximate surface area is 99.3 Å².